The van der Waals surface area contributed by atoms with E-state index in [9.17, 15) is 8.42 Å². The van der Waals surface area contributed by atoms with Crippen LogP contribution < -0.4 is 9.46 Å². The Hall–Kier alpha value is -2.61. The van der Waals surface area contributed by atoms with Gasteiger partial charge in [0, 0.05) is 5.69 Å². The molecule has 0 spiro atoms. The summed E-state index contributed by atoms with van der Waals surface area (Å²) in [4.78, 5) is 4.38. The van der Waals surface area contributed by atoms with E-state index >= 15 is 0 Å². The molecule has 2 aromatic heterocycles. The van der Waals surface area contributed by atoms with Gasteiger partial charge in [-0.3, -0.25) is 9.82 Å². The maximum Gasteiger partial charge on any atom is 0.263 e. The van der Waals surface area contributed by atoms with Crippen LogP contribution in [0.1, 0.15) is 5.69 Å². The van der Waals surface area contributed by atoms with Crippen molar-refractivity contribution in [1.82, 2.24) is 15.2 Å². The predicted molar refractivity (Wildman–Crippen MR) is 82.4 cm³/mol. The molecule has 3 rings (SSSR count). The molecular formula is C14H14N4O3S. The number of rotatable bonds is 4. The lowest BCUT2D eigenvalue weighted by Gasteiger charge is -2.06. The van der Waals surface area contributed by atoms with Crippen LogP contribution in [0.15, 0.2) is 41.3 Å². The van der Waals surface area contributed by atoms with Gasteiger partial charge in [-0.1, -0.05) is 0 Å². The van der Waals surface area contributed by atoms with Crippen molar-refractivity contribution in [2.45, 2.75) is 11.8 Å². The average Bonchev–Trinajstić information content (AvgIpc) is 2.89. The van der Waals surface area contributed by atoms with E-state index in [0.717, 1.165) is 5.69 Å². The van der Waals surface area contributed by atoms with E-state index < -0.39 is 10.0 Å². The maximum atomic E-state index is 12.4. The lowest BCUT2D eigenvalue weighted by molar-refractivity contribution is 0.414. The van der Waals surface area contributed by atoms with Crippen LogP contribution in [-0.4, -0.2) is 30.7 Å². The maximum absolute atomic E-state index is 12.4. The second-order valence-corrected chi connectivity index (χ2v) is 6.38. The number of anilines is 1. The van der Waals surface area contributed by atoms with Crippen LogP contribution in [0.3, 0.4) is 0 Å². The van der Waals surface area contributed by atoms with Crippen LogP contribution in [0, 0.1) is 6.92 Å². The van der Waals surface area contributed by atoms with E-state index in [1.807, 2.05) is 6.92 Å². The number of ether oxygens (including phenoxy) is 1. The zero-order valence-corrected chi connectivity index (χ0v) is 12.8. The fourth-order valence-electron chi connectivity index (χ4n) is 2.02. The molecule has 0 saturated carbocycles. The minimum Gasteiger partial charge on any atom is -0.497 e. The lowest BCUT2D eigenvalue weighted by atomic mass is 10.3. The van der Waals surface area contributed by atoms with Crippen molar-refractivity contribution in [2.24, 2.45) is 0 Å². The number of hydrogen-bond acceptors (Lipinski definition) is 5. The van der Waals surface area contributed by atoms with Gasteiger partial charge in [0.25, 0.3) is 10.0 Å². The SMILES string of the molecule is COc1ccc(S(=O)(=O)Nc2n[nH]c3nc(C)ccc23)cc1. The van der Waals surface area contributed by atoms with Gasteiger partial charge in [0.05, 0.1) is 17.4 Å². The first-order chi connectivity index (χ1) is 10.5. The third kappa shape index (κ3) is 2.60. The number of pyridine rings is 1. The molecule has 0 aliphatic heterocycles. The monoisotopic (exact) mass is 318 g/mol. The van der Waals surface area contributed by atoms with Crippen LogP contribution in [0.25, 0.3) is 11.0 Å². The highest BCUT2D eigenvalue weighted by molar-refractivity contribution is 7.92. The summed E-state index contributed by atoms with van der Waals surface area (Å²) < 4.78 is 32.2. The Bertz CT molecular complexity index is 917. The Kier molecular flexibility index (Phi) is 3.45. The van der Waals surface area contributed by atoms with Gasteiger partial charge < -0.3 is 4.74 Å². The molecule has 0 unspecified atom stereocenters. The molecule has 0 atom stereocenters. The number of fused-ring (bicyclic) bond motifs is 1. The highest BCUT2D eigenvalue weighted by Crippen LogP contribution is 2.23. The number of sulfonamides is 1. The smallest absolute Gasteiger partial charge is 0.263 e. The normalized spacial score (nSPS) is 11.5. The molecule has 1 aromatic carbocycles. The molecule has 0 radical (unpaired) electrons. The van der Waals surface area contributed by atoms with Gasteiger partial charge in [-0.25, -0.2) is 13.4 Å². The summed E-state index contributed by atoms with van der Waals surface area (Å²) in [6.07, 6.45) is 0. The van der Waals surface area contributed by atoms with Gasteiger partial charge in [-0.05, 0) is 43.3 Å². The van der Waals surface area contributed by atoms with Crippen molar-refractivity contribution in [3.8, 4) is 5.75 Å². The summed E-state index contributed by atoms with van der Waals surface area (Å²) in [6, 6.07) is 9.68. The Balaban J connectivity index is 1.95. The first-order valence-electron chi connectivity index (χ1n) is 6.48. The van der Waals surface area contributed by atoms with Gasteiger partial charge in [0.1, 0.15) is 5.75 Å². The van der Waals surface area contributed by atoms with Crippen LogP contribution in [0.2, 0.25) is 0 Å². The molecule has 0 aliphatic carbocycles. The number of aromatic nitrogens is 3. The summed E-state index contributed by atoms with van der Waals surface area (Å²) in [6.45, 7) is 1.85. The van der Waals surface area contributed by atoms with Crippen molar-refractivity contribution in [1.29, 1.82) is 0 Å². The first kappa shape index (κ1) is 14.3. The lowest BCUT2D eigenvalue weighted by Crippen LogP contribution is -2.13. The van der Waals surface area contributed by atoms with E-state index in [-0.39, 0.29) is 10.7 Å². The van der Waals surface area contributed by atoms with Gasteiger partial charge >= 0.3 is 0 Å². The third-order valence-electron chi connectivity index (χ3n) is 3.16. The predicted octanol–water partition coefficient (Wildman–Crippen LogP) is 2.08. The fraction of sp³-hybridized carbons (Fsp3) is 0.143. The number of benzene rings is 1. The molecule has 2 N–H and O–H groups in total. The molecule has 3 aromatic rings. The zero-order valence-electron chi connectivity index (χ0n) is 12.0. The summed E-state index contributed by atoms with van der Waals surface area (Å²) in [7, 11) is -2.21. The summed E-state index contributed by atoms with van der Waals surface area (Å²) in [5.74, 6) is 0.808. The summed E-state index contributed by atoms with van der Waals surface area (Å²) >= 11 is 0. The summed E-state index contributed by atoms with van der Waals surface area (Å²) in [5, 5.41) is 7.31. The molecule has 114 valence electrons. The molecule has 2 heterocycles. The molecule has 0 fully saturated rings. The van der Waals surface area contributed by atoms with E-state index in [1.165, 1.54) is 19.2 Å². The van der Waals surface area contributed by atoms with Crippen LogP contribution >= 0.6 is 0 Å². The molecule has 0 aliphatic rings. The molecule has 8 heteroatoms. The average molecular weight is 318 g/mol. The first-order valence-corrected chi connectivity index (χ1v) is 7.96. The number of methoxy groups -OCH3 is 1. The highest BCUT2D eigenvalue weighted by atomic mass is 32.2. The second-order valence-electron chi connectivity index (χ2n) is 4.70. The fourth-order valence-corrected chi connectivity index (χ4v) is 3.04. The Morgan fingerprint density at radius 2 is 1.86 bits per heavy atom. The zero-order chi connectivity index (χ0) is 15.7. The molecule has 0 saturated heterocycles. The highest BCUT2D eigenvalue weighted by Gasteiger charge is 2.17. The van der Waals surface area contributed by atoms with Gasteiger partial charge in [0.2, 0.25) is 0 Å². The van der Waals surface area contributed by atoms with E-state index in [0.29, 0.717) is 16.8 Å². The van der Waals surface area contributed by atoms with Crippen molar-refractivity contribution in [2.75, 3.05) is 11.8 Å². The number of nitrogens with one attached hydrogen (secondary N) is 2. The quantitative estimate of drug-likeness (QED) is 0.767. The van der Waals surface area contributed by atoms with E-state index in [1.54, 1.807) is 24.3 Å². The van der Waals surface area contributed by atoms with E-state index in [4.69, 9.17) is 4.74 Å². The minimum atomic E-state index is -3.73. The number of H-pyrrole nitrogens is 1. The number of hydrogen-bond donors (Lipinski definition) is 2. The molecule has 22 heavy (non-hydrogen) atoms. The number of aryl methyl sites for hydroxylation is 1. The number of aromatic amines is 1. The van der Waals surface area contributed by atoms with Crippen LogP contribution in [0.5, 0.6) is 5.75 Å². The number of nitrogens with zero attached hydrogens (tertiary/aromatic N) is 2. The van der Waals surface area contributed by atoms with Gasteiger partial charge in [-0.15, -0.1) is 0 Å². The second kappa shape index (κ2) is 5.30. The van der Waals surface area contributed by atoms with Gasteiger partial charge in [0.15, 0.2) is 11.5 Å². The molecule has 0 amide bonds. The van der Waals surface area contributed by atoms with E-state index in [2.05, 4.69) is 19.9 Å². The third-order valence-corrected chi connectivity index (χ3v) is 4.52. The topological polar surface area (TPSA) is 97.0 Å². The Morgan fingerprint density at radius 3 is 2.55 bits per heavy atom. The van der Waals surface area contributed by atoms with Crippen LogP contribution in [-0.2, 0) is 10.0 Å². The van der Waals surface area contributed by atoms with Crippen molar-refractivity contribution >= 4 is 26.9 Å². The molecule has 7 nitrogen and oxygen atoms in total. The Morgan fingerprint density at radius 1 is 1.14 bits per heavy atom. The van der Waals surface area contributed by atoms with Crippen molar-refractivity contribution < 1.29 is 13.2 Å². The Labute approximate surface area is 127 Å². The molecule has 0 bridgehead atoms. The van der Waals surface area contributed by atoms with Crippen molar-refractivity contribution in [3.05, 3.63) is 42.1 Å². The minimum absolute atomic E-state index is 0.129. The van der Waals surface area contributed by atoms with Crippen molar-refractivity contribution in [3.63, 3.8) is 0 Å². The van der Waals surface area contributed by atoms with Gasteiger partial charge in [-0.2, -0.15) is 5.10 Å². The standard InChI is InChI=1S/C14H14N4O3S/c1-9-3-8-12-13(15-9)16-17-14(12)18-22(19,20)11-6-4-10(21-2)5-7-11/h3-8H,1-2H3,(H2,15,16,17,18). The molecular weight excluding hydrogens is 304 g/mol. The van der Waals surface area contributed by atoms with Crippen LogP contribution in [0.4, 0.5) is 5.82 Å². The largest absolute Gasteiger partial charge is 0.497 e. The summed E-state index contributed by atoms with van der Waals surface area (Å²) in [5.41, 5.74) is 1.35.